The number of unbranched alkanes of at least 4 members (excludes halogenated alkanes) is 2. The Morgan fingerprint density at radius 3 is 2.53 bits per heavy atom. The van der Waals surface area contributed by atoms with E-state index < -0.39 is 0 Å². The normalized spacial score (nSPS) is 15.3. The molecule has 3 heteroatoms. The molecule has 0 atom stereocenters. The first-order chi connectivity index (χ1) is 7.36. The lowest BCUT2D eigenvalue weighted by Gasteiger charge is -2.20. The van der Waals surface area contributed by atoms with Crippen LogP contribution in [0, 0.1) is 0 Å². The SMILES string of the molecule is CCCCSCN1C=CN(CCCC)C1. The van der Waals surface area contributed by atoms with Crippen LogP contribution in [0.2, 0.25) is 0 Å². The predicted molar refractivity (Wildman–Crippen MR) is 69.7 cm³/mol. The van der Waals surface area contributed by atoms with Gasteiger partial charge in [-0.15, -0.1) is 11.8 Å². The topological polar surface area (TPSA) is 6.48 Å². The third-order valence-corrected chi connectivity index (χ3v) is 3.64. The molecule has 0 bridgehead atoms. The molecule has 0 aromatic carbocycles. The maximum absolute atomic E-state index is 2.41. The molecule has 0 unspecified atom stereocenters. The van der Waals surface area contributed by atoms with Crippen LogP contribution in [-0.4, -0.2) is 34.6 Å². The van der Waals surface area contributed by atoms with Gasteiger partial charge in [0.15, 0.2) is 0 Å². The monoisotopic (exact) mass is 228 g/mol. The number of hydrogen-bond acceptors (Lipinski definition) is 3. The lowest BCUT2D eigenvalue weighted by molar-refractivity contribution is 0.287. The molecule has 0 aromatic heterocycles. The summed E-state index contributed by atoms with van der Waals surface area (Å²) < 4.78 is 0. The highest BCUT2D eigenvalue weighted by Gasteiger charge is 2.10. The average molecular weight is 228 g/mol. The Labute approximate surface area is 98.7 Å². The zero-order valence-corrected chi connectivity index (χ0v) is 10.9. The van der Waals surface area contributed by atoms with E-state index in [2.05, 4.69) is 36.0 Å². The molecule has 2 nitrogen and oxygen atoms in total. The fourth-order valence-corrected chi connectivity index (χ4v) is 2.56. The van der Waals surface area contributed by atoms with Gasteiger partial charge in [-0.3, -0.25) is 0 Å². The van der Waals surface area contributed by atoms with Crippen LogP contribution in [0.4, 0.5) is 0 Å². The van der Waals surface area contributed by atoms with Crippen LogP contribution in [0.1, 0.15) is 39.5 Å². The minimum absolute atomic E-state index is 1.10. The summed E-state index contributed by atoms with van der Waals surface area (Å²) in [4.78, 5) is 4.81. The minimum atomic E-state index is 1.10. The van der Waals surface area contributed by atoms with Crippen molar-refractivity contribution in [3.8, 4) is 0 Å². The lowest BCUT2D eigenvalue weighted by atomic mass is 10.3. The van der Waals surface area contributed by atoms with Crippen molar-refractivity contribution in [1.82, 2.24) is 9.80 Å². The molecule has 88 valence electrons. The average Bonchev–Trinajstić information content (AvgIpc) is 2.69. The van der Waals surface area contributed by atoms with Gasteiger partial charge in [-0.1, -0.05) is 26.7 Å². The van der Waals surface area contributed by atoms with E-state index in [9.17, 15) is 0 Å². The Kier molecular flexibility index (Phi) is 6.73. The molecule has 0 aromatic rings. The van der Waals surface area contributed by atoms with Gasteiger partial charge in [0, 0.05) is 18.9 Å². The molecule has 0 aliphatic carbocycles. The smallest absolute Gasteiger partial charge is 0.0901 e. The molecule has 1 aliphatic heterocycles. The highest BCUT2D eigenvalue weighted by atomic mass is 32.2. The fraction of sp³-hybridized carbons (Fsp3) is 0.833. The lowest BCUT2D eigenvalue weighted by Crippen LogP contribution is -2.25. The molecule has 1 heterocycles. The maximum atomic E-state index is 2.41. The van der Waals surface area contributed by atoms with Gasteiger partial charge in [-0.05, 0) is 18.6 Å². The van der Waals surface area contributed by atoms with Crippen LogP contribution >= 0.6 is 11.8 Å². The first-order valence-electron chi connectivity index (χ1n) is 6.11. The number of hydrogen-bond donors (Lipinski definition) is 0. The quantitative estimate of drug-likeness (QED) is 0.588. The molecule has 0 N–H and O–H groups in total. The van der Waals surface area contributed by atoms with E-state index in [4.69, 9.17) is 0 Å². The molecule has 0 saturated carbocycles. The van der Waals surface area contributed by atoms with Crippen LogP contribution in [0.3, 0.4) is 0 Å². The van der Waals surface area contributed by atoms with Gasteiger partial charge in [0.1, 0.15) is 0 Å². The van der Waals surface area contributed by atoms with E-state index in [1.165, 1.54) is 38.0 Å². The molecule has 0 spiro atoms. The summed E-state index contributed by atoms with van der Waals surface area (Å²) in [7, 11) is 0. The molecule has 0 saturated heterocycles. The number of thioether (sulfide) groups is 1. The Balaban J connectivity index is 2.02. The van der Waals surface area contributed by atoms with E-state index in [1.807, 2.05) is 11.8 Å². The van der Waals surface area contributed by atoms with E-state index in [-0.39, 0.29) is 0 Å². The van der Waals surface area contributed by atoms with Crippen LogP contribution in [-0.2, 0) is 0 Å². The highest BCUT2D eigenvalue weighted by molar-refractivity contribution is 7.99. The second-order valence-electron chi connectivity index (χ2n) is 4.09. The summed E-state index contributed by atoms with van der Waals surface area (Å²) in [5.74, 6) is 2.45. The van der Waals surface area contributed by atoms with Gasteiger partial charge in [-0.25, -0.2) is 0 Å². The first-order valence-corrected chi connectivity index (χ1v) is 7.26. The van der Waals surface area contributed by atoms with Gasteiger partial charge >= 0.3 is 0 Å². The van der Waals surface area contributed by atoms with Gasteiger partial charge in [0.2, 0.25) is 0 Å². The molecule has 1 aliphatic rings. The highest BCUT2D eigenvalue weighted by Crippen LogP contribution is 2.13. The number of nitrogens with zero attached hydrogens (tertiary/aromatic N) is 2. The molecular weight excluding hydrogens is 204 g/mol. The summed E-state index contributed by atoms with van der Waals surface area (Å²) in [6, 6.07) is 0. The van der Waals surface area contributed by atoms with Gasteiger partial charge < -0.3 is 9.80 Å². The number of rotatable bonds is 8. The van der Waals surface area contributed by atoms with Crippen LogP contribution in [0.5, 0.6) is 0 Å². The van der Waals surface area contributed by atoms with Crippen molar-refractivity contribution in [1.29, 1.82) is 0 Å². The summed E-state index contributed by atoms with van der Waals surface area (Å²) in [6.45, 7) is 6.81. The Morgan fingerprint density at radius 1 is 1.07 bits per heavy atom. The third kappa shape index (κ3) is 5.36. The van der Waals surface area contributed by atoms with E-state index >= 15 is 0 Å². The largest absolute Gasteiger partial charge is 0.359 e. The van der Waals surface area contributed by atoms with Crippen molar-refractivity contribution < 1.29 is 0 Å². The van der Waals surface area contributed by atoms with Crippen molar-refractivity contribution in [2.24, 2.45) is 0 Å². The fourth-order valence-electron chi connectivity index (χ4n) is 1.53. The summed E-state index contributed by atoms with van der Waals surface area (Å²) in [5, 5.41) is 0. The second-order valence-corrected chi connectivity index (χ2v) is 5.16. The zero-order chi connectivity index (χ0) is 10.9. The summed E-state index contributed by atoms with van der Waals surface area (Å²) >= 11 is 2.05. The maximum Gasteiger partial charge on any atom is 0.0901 e. The van der Waals surface area contributed by atoms with Crippen LogP contribution in [0.25, 0.3) is 0 Å². The van der Waals surface area contributed by atoms with Gasteiger partial charge in [-0.2, -0.15) is 0 Å². The standard InChI is InChI=1S/C12H24N2S/c1-3-5-7-13-8-9-14(11-13)12-15-10-6-4-2/h8-9H,3-7,10-12H2,1-2H3. The Morgan fingerprint density at radius 2 is 1.80 bits per heavy atom. The Bertz CT molecular complexity index is 182. The van der Waals surface area contributed by atoms with E-state index in [1.54, 1.807) is 0 Å². The third-order valence-electron chi connectivity index (χ3n) is 2.55. The van der Waals surface area contributed by atoms with Gasteiger partial charge in [0.05, 0.1) is 12.5 Å². The molecule has 0 radical (unpaired) electrons. The molecule has 0 fully saturated rings. The molecule has 0 amide bonds. The molecule has 1 rings (SSSR count). The minimum Gasteiger partial charge on any atom is -0.359 e. The van der Waals surface area contributed by atoms with Crippen molar-refractivity contribution in [3.05, 3.63) is 12.4 Å². The van der Waals surface area contributed by atoms with E-state index in [0.29, 0.717) is 0 Å². The first kappa shape index (κ1) is 12.8. The predicted octanol–water partition coefficient (Wildman–Crippen LogP) is 3.32. The summed E-state index contributed by atoms with van der Waals surface area (Å²) in [5.41, 5.74) is 0. The summed E-state index contributed by atoms with van der Waals surface area (Å²) in [6.07, 6.45) is 9.72. The van der Waals surface area contributed by atoms with Crippen molar-refractivity contribution >= 4 is 11.8 Å². The van der Waals surface area contributed by atoms with Crippen LogP contribution in [0.15, 0.2) is 12.4 Å². The van der Waals surface area contributed by atoms with Crippen LogP contribution < -0.4 is 0 Å². The van der Waals surface area contributed by atoms with Gasteiger partial charge in [0.25, 0.3) is 0 Å². The Hall–Kier alpha value is -0.310. The van der Waals surface area contributed by atoms with Crippen molar-refractivity contribution in [2.75, 3.05) is 24.8 Å². The molecular formula is C12H24N2S. The van der Waals surface area contributed by atoms with Crippen molar-refractivity contribution in [3.63, 3.8) is 0 Å². The zero-order valence-electron chi connectivity index (χ0n) is 10.1. The second kappa shape index (κ2) is 7.91. The molecule has 15 heavy (non-hydrogen) atoms. The van der Waals surface area contributed by atoms with E-state index in [0.717, 1.165) is 12.5 Å². The van der Waals surface area contributed by atoms with Crippen molar-refractivity contribution in [2.45, 2.75) is 39.5 Å².